The number of halogens is 2. The molecule has 0 spiro atoms. The molecule has 0 fully saturated rings. The van der Waals surface area contributed by atoms with Gasteiger partial charge >= 0.3 is 0 Å². The fourth-order valence-electron chi connectivity index (χ4n) is 1.62. The summed E-state index contributed by atoms with van der Waals surface area (Å²) in [7, 11) is 0. The van der Waals surface area contributed by atoms with Crippen molar-refractivity contribution in [3.8, 4) is 5.75 Å². The highest BCUT2D eigenvalue weighted by Crippen LogP contribution is 2.35. The molecule has 0 aromatic heterocycles. The molecule has 2 rings (SSSR count). The quantitative estimate of drug-likeness (QED) is 0.855. The highest BCUT2D eigenvalue weighted by atomic mass is 79.9. The molecule has 17 heavy (non-hydrogen) atoms. The molecular formula is C13H11Br2NO. The number of hydrogen-bond donors (Lipinski definition) is 2. The lowest BCUT2D eigenvalue weighted by molar-refractivity contribution is 0.468. The maximum Gasteiger partial charge on any atom is 0.143 e. The number of hydrogen-bond acceptors (Lipinski definition) is 2. The van der Waals surface area contributed by atoms with E-state index in [9.17, 15) is 5.11 Å². The Hall–Kier alpha value is -0.840. The molecule has 1 atom stereocenters. The molecule has 4 heteroatoms. The van der Waals surface area contributed by atoms with E-state index in [2.05, 4.69) is 31.9 Å². The molecule has 2 aromatic rings. The van der Waals surface area contributed by atoms with Crippen LogP contribution in [0, 0.1) is 0 Å². The number of aromatic hydroxyl groups is 1. The van der Waals surface area contributed by atoms with Crippen LogP contribution in [-0.2, 0) is 0 Å². The molecule has 0 aliphatic carbocycles. The van der Waals surface area contributed by atoms with Crippen LogP contribution in [0.25, 0.3) is 0 Å². The normalized spacial score (nSPS) is 12.4. The predicted octanol–water partition coefficient (Wildman–Crippen LogP) is 3.97. The Morgan fingerprint density at radius 2 is 1.47 bits per heavy atom. The van der Waals surface area contributed by atoms with Crippen LogP contribution < -0.4 is 5.73 Å². The third kappa shape index (κ3) is 2.70. The van der Waals surface area contributed by atoms with Gasteiger partial charge in [0.1, 0.15) is 5.75 Å². The van der Waals surface area contributed by atoms with E-state index in [0.29, 0.717) is 8.95 Å². The summed E-state index contributed by atoms with van der Waals surface area (Å²) in [5, 5.41) is 9.65. The molecule has 0 amide bonds. The first kappa shape index (κ1) is 12.6. The van der Waals surface area contributed by atoms with Crippen LogP contribution in [0.2, 0.25) is 0 Å². The van der Waals surface area contributed by atoms with Gasteiger partial charge in [-0.25, -0.2) is 0 Å². The molecule has 1 unspecified atom stereocenters. The largest absolute Gasteiger partial charge is 0.506 e. The Morgan fingerprint density at radius 1 is 0.941 bits per heavy atom. The van der Waals surface area contributed by atoms with Crippen molar-refractivity contribution in [3.05, 3.63) is 62.5 Å². The summed E-state index contributed by atoms with van der Waals surface area (Å²) >= 11 is 6.60. The van der Waals surface area contributed by atoms with Crippen molar-refractivity contribution in [2.24, 2.45) is 5.73 Å². The molecule has 2 nitrogen and oxygen atoms in total. The van der Waals surface area contributed by atoms with Crippen LogP contribution in [0.1, 0.15) is 17.2 Å². The fourth-order valence-corrected chi connectivity index (χ4v) is 2.84. The highest BCUT2D eigenvalue weighted by molar-refractivity contribution is 9.11. The van der Waals surface area contributed by atoms with Crippen molar-refractivity contribution in [2.75, 3.05) is 0 Å². The Morgan fingerprint density at radius 3 is 2.00 bits per heavy atom. The van der Waals surface area contributed by atoms with E-state index in [1.54, 1.807) is 0 Å². The summed E-state index contributed by atoms with van der Waals surface area (Å²) in [6, 6.07) is 13.3. The highest BCUT2D eigenvalue weighted by Gasteiger charge is 2.12. The second kappa shape index (κ2) is 5.21. The lowest BCUT2D eigenvalue weighted by Gasteiger charge is -2.14. The number of rotatable bonds is 2. The monoisotopic (exact) mass is 355 g/mol. The number of phenols is 1. The zero-order chi connectivity index (χ0) is 12.4. The molecule has 0 radical (unpaired) electrons. The zero-order valence-electron chi connectivity index (χ0n) is 8.90. The van der Waals surface area contributed by atoms with E-state index in [0.717, 1.165) is 11.1 Å². The first-order valence-electron chi connectivity index (χ1n) is 5.08. The fraction of sp³-hybridized carbons (Fsp3) is 0.0769. The minimum atomic E-state index is -0.204. The van der Waals surface area contributed by atoms with E-state index < -0.39 is 0 Å². The van der Waals surface area contributed by atoms with Gasteiger partial charge in [0.2, 0.25) is 0 Å². The van der Waals surface area contributed by atoms with Gasteiger partial charge in [-0.05, 0) is 55.1 Å². The second-order valence-corrected chi connectivity index (χ2v) is 5.43. The van der Waals surface area contributed by atoms with Gasteiger partial charge < -0.3 is 10.8 Å². The van der Waals surface area contributed by atoms with Crippen molar-refractivity contribution in [1.29, 1.82) is 0 Å². The van der Waals surface area contributed by atoms with Gasteiger partial charge in [0.25, 0.3) is 0 Å². The molecule has 3 N–H and O–H groups in total. The van der Waals surface area contributed by atoms with E-state index in [4.69, 9.17) is 5.73 Å². The van der Waals surface area contributed by atoms with E-state index in [-0.39, 0.29) is 11.8 Å². The van der Waals surface area contributed by atoms with Crippen LogP contribution in [0.15, 0.2) is 51.4 Å². The maximum absolute atomic E-state index is 9.65. The van der Waals surface area contributed by atoms with Crippen LogP contribution in [-0.4, -0.2) is 5.11 Å². The SMILES string of the molecule is NC(c1ccccc1)c1cc(Br)c(O)c(Br)c1. The molecule has 0 bridgehead atoms. The van der Waals surface area contributed by atoms with Crippen molar-refractivity contribution in [3.63, 3.8) is 0 Å². The standard InChI is InChI=1S/C13H11Br2NO/c14-10-6-9(7-11(15)13(10)17)12(16)8-4-2-1-3-5-8/h1-7,12,17H,16H2. The van der Waals surface area contributed by atoms with Crippen LogP contribution >= 0.6 is 31.9 Å². The minimum absolute atomic E-state index is 0.189. The minimum Gasteiger partial charge on any atom is -0.506 e. The van der Waals surface area contributed by atoms with Gasteiger partial charge in [-0.1, -0.05) is 30.3 Å². The Balaban J connectivity index is 2.41. The van der Waals surface area contributed by atoms with Gasteiger partial charge in [0.15, 0.2) is 0 Å². The first-order chi connectivity index (χ1) is 8.09. The topological polar surface area (TPSA) is 46.2 Å². The van der Waals surface area contributed by atoms with E-state index in [1.165, 1.54) is 0 Å². The third-order valence-electron chi connectivity index (χ3n) is 2.56. The van der Waals surface area contributed by atoms with Gasteiger partial charge in [0.05, 0.1) is 15.0 Å². The Kier molecular flexibility index (Phi) is 3.86. The number of phenolic OH excluding ortho intramolecular Hbond substituents is 1. The van der Waals surface area contributed by atoms with Gasteiger partial charge in [0, 0.05) is 0 Å². The van der Waals surface area contributed by atoms with Crippen molar-refractivity contribution < 1.29 is 5.11 Å². The number of nitrogens with two attached hydrogens (primary N) is 1. The molecule has 0 saturated heterocycles. The van der Waals surface area contributed by atoms with Crippen LogP contribution in [0.3, 0.4) is 0 Å². The van der Waals surface area contributed by atoms with Crippen molar-refractivity contribution >= 4 is 31.9 Å². The Bertz CT molecular complexity index is 505. The zero-order valence-corrected chi connectivity index (χ0v) is 12.1. The average molecular weight is 357 g/mol. The first-order valence-corrected chi connectivity index (χ1v) is 6.66. The summed E-state index contributed by atoms with van der Waals surface area (Å²) in [5.41, 5.74) is 8.16. The lowest BCUT2D eigenvalue weighted by Crippen LogP contribution is -2.11. The average Bonchev–Trinajstić information content (AvgIpc) is 2.35. The van der Waals surface area contributed by atoms with Crippen LogP contribution in [0.4, 0.5) is 0 Å². The van der Waals surface area contributed by atoms with Crippen molar-refractivity contribution in [2.45, 2.75) is 6.04 Å². The van der Waals surface area contributed by atoms with E-state index >= 15 is 0 Å². The summed E-state index contributed by atoms with van der Waals surface area (Å²) in [5.74, 6) is 0.189. The van der Waals surface area contributed by atoms with E-state index in [1.807, 2.05) is 42.5 Å². The smallest absolute Gasteiger partial charge is 0.143 e. The Labute approximate surface area is 117 Å². The van der Waals surface area contributed by atoms with Crippen LogP contribution in [0.5, 0.6) is 5.75 Å². The maximum atomic E-state index is 9.65. The lowest BCUT2D eigenvalue weighted by atomic mass is 10.00. The molecule has 0 aliphatic heterocycles. The summed E-state index contributed by atoms with van der Waals surface area (Å²) in [6.45, 7) is 0. The predicted molar refractivity (Wildman–Crippen MR) is 76.0 cm³/mol. The summed E-state index contributed by atoms with van der Waals surface area (Å²) in [6.07, 6.45) is 0. The molecule has 0 heterocycles. The van der Waals surface area contributed by atoms with Crippen molar-refractivity contribution in [1.82, 2.24) is 0 Å². The molecule has 2 aromatic carbocycles. The molecule has 88 valence electrons. The third-order valence-corrected chi connectivity index (χ3v) is 3.77. The van der Waals surface area contributed by atoms with Gasteiger partial charge in [-0.15, -0.1) is 0 Å². The molecular weight excluding hydrogens is 346 g/mol. The van der Waals surface area contributed by atoms with Gasteiger partial charge in [-0.2, -0.15) is 0 Å². The second-order valence-electron chi connectivity index (χ2n) is 3.72. The number of benzene rings is 2. The molecule has 0 saturated carbocycles. The summed E-state index contributed by atoms with van der Waals surface area (Å²) in [4.78, 5) is 0. The molecule has 0 aliphatic rings. The van der Waals surface area contributed by atoms with Gasteiger partial charge in [-0.3, -0.25) is 0 Å². The summed E-state index contributed by atoms with van der Waals surface area (Å²) < 4.78 is 1.27.